The van der Waals surface area contributed by atoms with Gasteiger partial charge in [0.15, 0.2) is 0 Å². The van der Waals surface area contributed by atoms with Crippen molar-refractivity contribution < 1.29 is 24.5 Å². The van der Waals surface area contributed by atoms with Gasteiger partial charge in [-0.3, -0.25) is 9.59 Å². The molecule has 0 aromatic rings. The average molecular weight is 1010 g/mol. The number of unbranched alkanes of at least 4 members (excludes halogenated alkanes) is 45. The molecule has 0 spiro atoms. The first kappa shape index (κ1) is 70.1. The maximum atomic E-state index is 12.4. The Morgan fingerprint density at radius 1 is 0.375 bits per heavy atom. The zero-order chi connectivity index (χ0) is 52.2. The Hall–Kier alpha value is -1.92. The van der Waals surface area contributed by atoms with Gasteiger partial charge in [0.2, 0.25) is 5.91 Å². The van der Waals surface area contributed by atoms with Crippen LogP contribution in [0.4, 0.5) is 0 Å². The van der Waals surface area contributed by atoms with E-state index in [0.29, 0.717) is 19.4 Å². The second-order valence-corrected chi connectivity index (χ2v) is 22.1. The molecule has 0 rings (SSSR count). The largest absolute Gasteiger partial charge is 0.466 e. The van der Waals surface area contributed by atoms with Crippen molar-refractivity contribution >= 4 is 11.9 Å². The molecule has 6 heteroatoms. The van der Waals surface area contributed by atoms with Gasteiger partial charge in [-0.25, -0.2) is 0 Å². The van der Waals surface area contributed by atoms with E-state index in [4.69, 9.17) is 4.74 Å². The van der Waals surface area contributed by atoms with Crippen molar-refractivity contribution in [1.29, 1.82) is 0 Å². The van der Waals surface area contributed by atoms with Crippen LogP contribution in [0.25, 0.3) is 0 Å². The van der Waals surface area contributed by atoms with E-state index in [-0.39, 0.29) is 18.5 Å². The van der Waals surface area contributed by atoms with Gasteiger partial charge in [0.1, 0.15) is 0 Å². The second kappa shape index (κ2) is 61.6. The van der Waals surface area contributed by atoms with Crippen molar-refractivity contribution in [3.63, 3.8) is 0 Å². The number of aliphatic hydroxyl groups is 2. The Bertz CT molecular complexity index is 1170. The van der Waals surface area contributed by atoms with E-state index >= 15 is 0 Å². The molecule has 0 saturated heterocycles. The van der Waals surface area contributed by atoms with Gasteiger partial charge < -0.3 is 20.3 Å². The Balaban J connectivity index is 3.39. The van der Waals surface area contributed by atoms with Gasteiger partial charge in [-0.05, 0) is 83.5 Å². The van der Waals surface area contributed by atoms with E-state index in [0.717, 1.165) is 44.9 Å². The van der Waals surface area contributed by atoms with Crippen LogP contribution in [0.2, 0.25) is 0 Å². The summed E-state index contributed by atoms with van der Waals surface area (Å²) in [5, 5.41) is 23.1. The number of hydrogen-bond donors (Lipinski definition) is 3. The number of carbonyl (C=O) groups excluding carboxylic acids is 2. The van der Waals surface area contributed by atoms with Crippen molar-refractivity contribution in [1.82, 2.24) is 5.32 Å². The number of carbonyl (C=O) groups is 2. The van der Waals surface area contributed by atoms with Gasteiger partial charge in [-0.1, -0.05) is 288 Å². The number of ether oxygens (including phenoxy) is 1. The normalized spacial score (nSPS) is 12.8. The van der Waals surface area contributed by atoms with Crippen LogP contribution in [-0.4, -0.2) is 47.4 Å². The highest BCUT2D eigenvalue weighted by Crippen LogP contribution is 2.17. The first-order chi connectivity index (χ1) is 35.5. The van der Waals surface area contributed by atoms with Crippen molar-refractivity contribution in [2.24, 2.45) is 0 Å². The summed E-state index contributed by atoms with van der Waals surface area (Å²) in [5.74, 6) is -0.0609. The first-order valence-electron chi connectivity index (χ1n) is 32.3. The number of nitrogens with one attached hydrogen (secondary N) is 1. The fourth-order valence-corrected chi connectivity index (χ4v) is 9.92. The summed E-state index contributed by atoms with van der Waals surface area (Å²) >= 11 is 0. The molecule has 424 valence electrons. The molecule has 1 amide bonds. The summed E-state index contributed by atoms with van der Waals surface area (Å²) in [7, 11) is 0. The van der Waals surface area contributed by atoms with Crippen LogP contribution in [0.5, 0.6) is 0 Å². The minimum absolute atomic E-state index is 0.0117. The number of allylic oxidation sites excluding steroid dienone is 5. The lowest BCUT2D eigenvalue weighted by atomic mass is 10.0. The maximum absolute atomic E-state index is 12.4. The van der Waals surface area contributed by atoms with Crippen LogP contribution in [0.1, 0.15) is 348 Å². The van der Waals surface area contributed by atoms with E-state index in [1.165, 1.54) is 276 Å². The van der Waals surface area contributed by atoms with Gasteiger partial charge in [0.05, 0.1) is 25.4 Å². The van der Waals surface area contributed by atoms with E-state index in [1.807, 2.05) is 6.08 Å². The lowest BCUT2D eigenvalue weighted by molar-refractivity contribution is -0.143. The fourth-order valence-electron chi connectivity index (χ4n) is 9.92. The van der Waals surface area contributed by atoms with E-state index in [2.05, 4.69) is 43.5 Å². The third kappa shape index (κ3) is 57.4. The highest BCUT2D eigenvalue weighted by molar-refractivity contribution is 5.76. The molecule has 0 aliphatic heterocycles. The molecule has 72 heavy (non-hydrogen) atoms. The van der Waals surface area contributed by atoms with Crippen LogP contribution in [-0.2, 0) is 14.3 Å². The van der Waals surface area contributed by atoms with Gasteiger partial charge in [-0.2, -0.15) is 0 Å². The SMILES string of the molecule is CCCCCCCC/C=C\CCCCCCCCCCCC(=O)OCCCCCCCCCCCCCC/C=C\CCCCCCCCCCC(=O)NC(CO)C(O)/C=C/CCCCCCCCCCCC. The average Bonchev–Trinajstić information content (AvgIpc) is 3.38. The van der Waals surface area contributed by atoms with Gasteiger partial charge in [0.25, 0.3) is 0 Å². The van der Waals surface area contributed by atoms with Gasteiger partial charge in [0, 0.05) is 12.8 Å². The molecule has 0 aromatic heterocycles. The smallest absolute Gasteiger partial charge is 0.305 e. The molecule has 0 aromatic carbocycles. The first-order valence-corrected chi connectivity index (χ1v) is 32.3. The van der Waals surface area contributed by atoms with Gasteiger partial charge >= 0.3 is 5.97 Å². The fraction of sp³-hybridized carbons (Fsp3) is 0.879. The molecule has 0 aliphatic rings. The zero-order valence-corrected chi connectivity index (χ0v) is 48.4. The van der Waals surface area contributed by atoms with Crippen LogP contribution < -0.4 is 5.32 Å². The quantitative estimate of drug-likeness (QED) is 0.0320. The number of esters is 1. The Morgan fingerprint density at radius 2 is 0.653 bits per heavy atom. The highest BCUT2D eigenvalue weighted by Gasteiger charge is 2.18. The second-order valence-electron chi connectivity index (χ2n) is 22.1. The summed E-state index contributed by atoms with van der Waals surface area (Å²) in [6, 6.07) is -0.630. The van der Waals surface area contributed by atoms with Crippen LogP contribution in [0.3, 0.4) is 0 Å². The number of rotatable bonds is 60. The minimum atomic E-state index is -0.846. The van der Waals surface area contributed by atoms with E-state index in [1.54, 1.807) is 6.08 Å². The third-order valence-electron chi connectivity index (χ3n) is 14.9. The van der Waals surface area contributed by atoms with E-state index in [9.17, 15) is 19.8 Å². The van der Waals surface area contributed by atoms with Crippen molar-refractivity contribution in [3.8, 4) is 0 Å². The van der Waals surface area contributed by atoms with Crippen LogP contribution >= 0.6 is 0 Å². The summed E-state index contributed by atoms with van der Waals surface area (Å²) in [4.78, 5) is 24.5. The lowest BCUT2D eigenvalue weighted by Gasteiger charge is -2.20. The Kier molecular flexibility index (Phi) is 60.0. The Labute approximate surface area is 449 Å². The van der Waals surface area contributed by atoms with Crippen molar-refractivity contribution in [2.75, 3.05) is 13.2 Å². The molecule has 2 atom stereocenters. The molecule has 0 heterocycles. The summed E-state index contributed by atoms with van der Waals surface area (Å²) in [5.41, 5.74) is 0. The van der Waals surface area contributed by atoms with Gasteiger partial charge in [-0.15, -0.1) is 0 Å². The molecular formula is C66H125NO5. The molecule has 0 radical (unpaired) electrons. The number of amides is 1. The predicted octanol–water partition coefficient (Wildman–Crippen LogP) is 20.4. The van der Waals surface area contributed by atoms with Crippen LogP contribution in [0, 0.1) is 0 Å². The molecule has 0 saturated carbocycles. The van der Waals surface area contributed by atoms with Crippen molar-refractivity contribution in [2.45, 2.75) is 360 Å². The third-order valence-corrected chi connectivity index (χ3v) is 14.9. The standard InChI is InChI=1S/C66H125NO5/c1-3-5-7-9-11-13-15-17-18-19-26-30-33-36-40-44-48-52-56-60-66(71)72-61-57-53-49-45-41-37-34-31-28-25-23-21-20-22-24-27-29-32-35-39-43-47-51-55-59-65(70)67-63(62-68)64(69)58-54-50-46-42-38-16-14-12-10-8-6-4-2/h17-18,22,24,54,58,63-64,68-69H,3-16,19-21,23,25-53,55-57,59-62H2,1-2H3,(H,67,70)/b18-17-,24-22-,58-54+. The van der Waals surface area contributed by atoms with E-state index < -0.39 is 12.1 Å². The minimum Gasteiger partial charge on any atom is -0.466 e. The Morgan fingerprint density at radius 3 is 0.986 bits per heavy atom. The number of aliphatic hydroxyl groups excluding tert-OH is 2. The summed E-state index contributed by atoms with van der Waals surface area (Å²) < 4.78 is 5.50. The molecule has 0 bridgehead atoms. The molecular weight excluding hydrogens is 887 g/mol. The highest BCUT2D eigenvalue weighted by atomic mass is 16.5. The summed E-state index contributed by atoms with van der Waals surface area (Å²) in [6.45, 7) is 4.90. The monoisotopic (exact) mass is 1010 g/mol. The molecule has 3 N–H and O–H groups in total. The predicted molar refractivity (Wildman–Crippen MR) is 315 cm³/mol. The zero-order valence-electron chi connectivity index (χ0n) is 48.4. The molecule has 0 aliphatic carbocycles. The summed E-state index contributed by atoms with van der Waals surface area (Å²) in [6.07, 6.45) is 77.7. The lowest BCUT2D eigenvalue weighted by Crippen LogP contribution is -2.45. The topological polar surface area (TPSA) is 95.9 Å². The molecule has 2 unspecified atom stereocenters. The number of hydrogen-bond acceptors (Lipinski definition) is 5. The van der Waals surface area contributed by atoms with Crippen LogP contribution in [0.15, 0.2) is 36.5 Å². The maximum Gasteiger partial charge on any atom is 0.305 e. The molecule has 0 fully saturated rings. The molecule has 6 nitrogen and oxygen atoms in total. The van der Waals surface area contributed by atoms with Crippen molar-refractivity contribution in [3.05, 3.63) is 36.5 Å².